The van der Waals surface area contributed by atoms with Crippen molar-refractivity contribution in [3.63, 3.8) is 0 Å². The number of ketones is 1. The van der Waals surface area contributed by atoms with Crippen LogP contribution in [0.2, 0.25) is 0 Å². The molecule has 1 unspecified atom stereocenters. The number of rotatable bonds is 4. The second-order valence-corrected chi connectivity index (χ2v) is 6.84. The summed E-state index contributed by atoms with van der Waals surface area (Å²) in [6.45, 7) is 8.32. The lowest BCUT2D eigenvalue weighted by atomic mass is 10.1. The Labute approximate surface area is 154 Å². The van der Waals surface area contributed by atoms with Crippen LogP contribution in [0, 0.1) is 13.8 Å². The monoisotopic (exact) mass is 352 g/mol. The number of aryl methyl sites for hydroxylation is 1. The number of amides is 1. The van der Waals surface area contributed by atoms with Gasteiger partial charge >= 0.3 is 0 Å². The van der Waals surface area contributed by atoms with Gasteiger partial charge in [-0.15, -0.1) is 0 Å². The van der Waals surface area contributed by atoms with E-state index >= 15 is 0 Å². The molecule has 0 bridgehead atoms. The third-order valence-corrected chi connectivity index (χ3v) is 4.72. The number of Topliss-reactive ketones (excluding diaryl/α,β-unsaturated/α-hetero) is 1. The first-order valence-electron chi connectivity index (χ1n) is 8.78. The van der Waals surface area contributed by atoms with E-state index in [2.05, 4.69) is 5.32 Å². The zero-order valence-corrected chi connectivity index (χ0v) is 15.6. The minimum absolute atomic E-state index is 0.00814. The van der Waals surface area contributed by atoms with Gasteiger partial charge in [-0.1, -0.05) is 12.1 Å². The largest absolute Gasteiger partial charge is 0.487 e. The molecule has 1 aliphatic heterocycles. The molecule has 1 aliphatic rings. The van der Waals surface area contributed by atoms with Crippen LogP contribution in [0.25, 0.3) is 0 Å². The maximum Gasteiger partial charge on any atom is 0.243 e. The van der Waals surface area contributed by atoms with E-state index in [1.54, 1.807) is 18.2 Å². The fourth-order valence-electron chi connectivity index (χ4n) is 3.15. The number of carbonyl (C=O) groups excluding carboxylic acids is 2. The smallest absolute Gasteiger partial charge is 0.243 e. The van der Waals surface area contributed by atoms with E-state index in [1.165, 1.54) is 6.92 Å². The number of anilines is 2. The van der Waals surface area contributed by atoms with Crippen molar-refractivity contribution < 1.29 is 14.3 Å². The number of nitrogens with zero attached hydrogens (tertiary/aromatic N) is 1. The lowest BCUT2D eigenvalue weighted by Gasteiger charge is -2.34. The van der Waals surface area contributed by atoms with Crippen LogP contribution in [0.3, 0.4) is 0 Å². The van der Waals surface area contributed by atoms with Crippen LogP contribution in [0.4, 0.5) is 11.4 Å². The van der Waals surface area contributed by atoms with Crippen LogP contribution >= 0.6 is 0 Å². The molecule has 0 aromatic heterocycles. The first kappa shape index (κ1) is 18.0. The van der Waals surface area contributed by atoms with Crippen LogP contribution in [-0.4, -0.2) is 30.9 Å². The Kier molecular flexibility index (Phi) is 4.98. The third kappa shape index (κ3) is 3.72. The number of carbonyl (C=O) groups is 2. The highest BCUT2D eigenvalue weighted by atomic mass is 16.5. The summed E-state index contributed by atoms with van der Waals surface area (Å²) in [7, 11) is 0. The Morgan fingerprint density at radius 2 is 2.00 bits per heavy atom. The number of benzene rings is 2. The molecule has 0 spiro atoms. The molecular formula is C21H24N2O3. The molecule has 3 rings (SSSR count). The van der Waals surface area contributed by atoms with E-state index < -0.39 is 0 Å². The number of ether oxygens (including phenoxy) is 1. The SMILES string of the molecule is CC(=O)c1ccc2c(c1)N(CC(=O)Nc1cccc(C)c1C)CC(C)O2. The summed E-state index contributed by atoms with van der Waals surface area (Å²) in [4.78, 5) is 26.3. The minimum Gasteiger partial charge on any atom is -0.487 e. The van der Waals surface area contributed by atoms with E-state index in [1.807, 2.05) is 43.9 Å². The van der Waals surface area contributed by atoms with Crippen molar-refractivity contribution in [2.24, 2.45) is 0 Å². The predicted molar refractivity (Wildman–Crippen MR) is 103 cm³/mol. The molecule has 1 heterocycles. The highest BCUT2D eigenvalue weighted by Gasteiger charge is 2.25. The average Bonchev–Trinajstić information content (AvgIpc) is 2.58. The molecule has 5 heteroatoms. The molecule has 136 valence electrons. The average molecular weight is 352 g/mol. The van der Waals surface area contributed by atoms with Crippen molar-refractivity contribution in [3.05, 3.63) is 53.1 Å². The number of fused-ring (bicyclic) bond motifs is 1. The Balaban J connectivity index is 1.81. The highest BCUT2D eigenvalue weighted by Crippen LogP contribution is 2.34. The van der Waals surface area contributed by atoms with Gasteiger partial charge in [0.25, 0.3) is 0 Å². The van der Waals surface area contributed by atoms with Gasteiger partial charge in [-0.3, -0.25) is 9.59 Å². The van der Waals surface area contributed by atoms with Crippen LogP contribution in [-0.2, 0) is 4.79 Å². The van der Waals surface area contributed by atoms with Crippen molar-refractivity contribution >= 4 is 23.1 Å². The molecule has 0 saturated carbocycles. The number of hydrogen-bond acceptors (Lipinski definition) is 4. The summed E-state index contributed by atoms with van der Waals surface area (Å²) < 4.78 is 5.85. The normalized spacial score (nSPS) is 15.8. The molecule has 1 N–H and O–H groups in total. The summed E-state index contributed by atoms with van der Waals surface area (Å²) in [6, 6.07) is 11.2. The summed E-state index contributed by atoms with van der Waals surface area (Å²) in [5, 5.41) is 2.99. The second kappa shape index (κ2) is 7.20. The fourth-order valence-corrected chi connectivity index (χ4v) is 3.15. The maximum absolute atomic E-state index is 12.6. The predicted octanol–water partition coefficient (Wildman–Crippen LogP) is 3.73. The van der Waals surface area contributed by atoms with Crippen LogP contribution in [0.5, 0.6) is 5.75 Å². The van der Waals surface area contributed by atoms with Crippen molar-refractivity contribution in [2.45, 2.75) is 33.8 Å². The lowest BCUT2D eigenvalue weighted by Crippen LogP contribution is -2.42. The van der Waals surface area contributed by atoms with Crippen molar-refractivity contribution in [1.29, 1.82) is 0 Å². The van der Waals surface area contributed by atoms with Crippen LogP contribution in [0.1, 0.15) is 35.3 Å². The van der Waals surface area contributed by atoms with E-state index in [0.29, 0.717) is 17.9 Å². The molecule has 0 aliphatic carbocycles. The molecule has 0 fully saturated rings. The van der Waals surface area contributed by atoms with E-state index in [-0.39, 0.29) is 24.3 Å². The zero-order chi connectivity index (χ0) is 18.8. The molecule has 5 nitrogen and oxygen atoms in total. The quantitative estimate of drug-likeness (QED) is 0.852. The third-order valence-electron chi connectivity index (χ3n) is 4.72. The Hall–Kier alpha value is -2.82. The van der Waals surface area contributed by atoms with E-state index in [9.17, 15) is 9.59 Å². The van der Waals surface area contributed by atoms with Crippen molar-refractivity contribution in [3.8, 4) is 5.75 Å². The first-order chi connectivity index (χ1) is 12.3. The highest BCUT2D eigenvalue weighted by molar-refractivity contribution is 5.97. The molecule has 26 heavy (non-hydrogen) atoms. The van der Waals surface area contributed by atoms with Crippen LogP contribution in [0.15, 0.2) is 36.4 Å². The first-order valence-corrected chi connectivity index (χ1v) is 8.78. The summed E-state index contributed by atoms with van der Waals surface area (Å²) in [5.74, 6) is 0.603. The van der Waals surface area contributed by atoms with E-state index in [4.69, 9.17) is 4.74 Å². The van der Waals surface area contributed by atoms with Gasteiger partial charge < -0.3 is 15.0 Å². The molecule has 2 aromatic rings. The van der Waals surface area contributed by atoms with Crippen LogP contribution < -0.4 is 15.0 Å². The van der Waals surface area contributed by atoms with Gasteiger partial charge in [0.15, 0.2) is 5.78 Å². The van der Waals surface area contributed by atoms with Crippen molar-refractivity contribution in [2.75, 3.05) is 23.3 Å². The molecule has 0 saturated heterocycles. The van der Waals surface area contributed by atoms with E-state index in [0.717, 1.165) is 22.5 Å². The molecule has 1 amide bonds. The molecular weight excluding hydrogens is 328 g/mol. The van der Waals surface area contributed by atoms with Gasteiger partial charge in [0.05, 0.1) is 18.8 Å². The van der Waals surface area contributed by atoms with Gasteiger partial charge in [0.1, 0.15) is 11.9 Å². The van der Waals surface area contributed by atoms with Gasteiger partial charge in [-0.2, -0.15) is 0 Å². The summed E-state index contributed by atoms with van der Waals surface area (Å²) in [6.07, 6.45) is -0.0285. The number of hydrogen-bond donors (Lipinski definition) is 1. The van der Waals surface area contributed by atoms with Gasteiger partial charge in [0, 0.05) is 11.3 Å². The van der Waals surface area contributed by atoms with Gasteiger partial charge in [-0.25, -0.2) is 0 Å². The lowest BCUT2D eigenvalue weighted by molar-refractivity contribution is -0.115. The maximum atomic E-state index is 12.6. The zero-order valence-electron chi connectivity index (χ0n) is 15.6. The standard InChI is InChI=1S/C21H24N2O3/c1-13-6-5-7-18(15(13)3)22-21(25)12-23-11-14(2)26-20-9-8-17(16(4)24)10-19(20)23/h5-10,14H,11-12H2,1-4H3,(H,22,25). The second-order valence-electron chi connectivity index (χ2n) is 6.84. The molecule has 1 atom stereocenters. The Morgan fingerprint density at radius 1 is 1.23 bits per heavy atom. The minimum atomic E-state index is -0.0908. The molecule has 0 radical (unpaired) electrons. The fraction of sp³-hybridized carbons (Fsp3) is 0.333. The van der Waals surface area contributed by atoms with Gasteiger partial charge in [0.2, 0.25) is 5.91 Å². The summed E-state index contributed by atoms with van der Waals surface area (Å²) in [5.41, 5.74) is 4.43. The number of nitrogens with one attached hydrogen (secondary N) is 1. The Morgan fingerprint density at radius 3 is 2.73 bits per heavy atom. The van der Waals surface area contributed by atoms with Gasteiger partial charge in [-0.05, 0) is 63.1 Å². The van der Waals surface area contributed by atoms with Crippen molar-refractivity contribution in [1.82, 2.24) is 0 Å². The molecule has 2 aromatic carbocycles. The summed E-state index contributed by atoms with van der Waals surface area (Å²) >= 11 is 0. The topological polar surface area (TPSA) is 58.6 Å². The Bertz CT molecular complexity index is 860.